The largest absolute Gasteiger partial charge is 0.493 e. The van der Waals surface area contributed by atoms with Crippen LogP contribution in [-0.4, -0.2) is 60.0 Å². The number of carbonyl (C=O) groups excluding carboxylic acids is 1. The van der Waals surface area contributed by atoms with E-state index in [9.17, 15) is 4.79 Å². The third-order valence-corrected chi connectivity index (χ3v) is 6.29. The van der Waals surface area contributed by atoms with Crippen molar-refractivity contribution in [2.45, 2.75) is 39.4 Å². The van der Waals surface area contributed by atoms with Gasteiger partial charge in [-0.05, 0) is 29.7 Å². The smallest absolute Gasteiger partial charge is 0.255 e. The highest BCUT2D eigenvalue weighted by molar-refractivity contribution is 5.94. The van der Waals surface area contributed by atoms with Gasteiger partial charge >= 0.3 is 0 Å². The predicted octanol–water partition coefficient (Wildman–Crippen LogP) is 3.08. The van der Waals surface area contributed by atoms with Gasteiger partial charge in [-0.25, -0.2) is 0 Å². The van der Waals surface area contributed by atoms with Crippen molar-refractivity contribution in [1.29, 1.82) is 0 Å². The fourth-order valence-corrected chi connectivity index (χ4v) is 4.41. The molecule has 0 radical (unpaired) electrons. The highest BCUT2D eigenvalue weighted by atomic mass is 16.5. The van der Waals surface area contributed by atoms with E-state index in [4.69, 9.17) is 18.6 Å². The van der Waals surface area contributed by atoms with Crippen LogP contribution < -0.4 is 19.5 Å². The molecular formula is C25H33N5O5. The van der Waals surface area contributed by atoms with Crippen molar-refractivity contribution in [3.05, 3.63) is 53.5 Å². The Morgan fingerprint density at radius 1 is 1.09 bits per heavy atom. The zero-order valence-electron chi connectivity index (χ0n) is 20.9. The van der Waals surface area contributed by atoms with Crippen molar-refractivity contribution < 1.29 is 23.4 Å². The van der Waals surface area contributed by atoms with E-state index in [0.717, 1.165) is 49.8 Å². The number of methoxy groups -OCH3 is 3. The van der Waals surface area contributed by atoms with Gasteiger partial charge in [-0.15, -0.1) is 10.2 Å². The Labute approximate surface area is 205 Å². The van der Waals surface area contributed by atoms with E-state index in [2.05, 4.69) is 38.8 Å². The van der Waals surface area contributed by atoms with Gasteiger partial charge in [0.1, 0.15) is 12.1 Å². The zero-order chi connectivity index (χ0) is 24.9. The van der Waals surface area contributed by atoms with E-state index in [-0.39, 0.29) is 17.9 Å². The van der Waals surface area contributed by atoms with Crippen LogP contribution in [0.4, 0.5) is 0 Å². The van der Waals surface area contributed by atoms with Crippen molar-refractivity contribution in [3.63, 3.8) is 0 Å². The van der Waals surface area contributed by atoms with Gasteiger partial charge in [0.2, 0.25) is 5.75 Å². The highest BCUT2D eigenvalue weighted by Crippen LogP contribution is 2.38. The van der Waals surface area contributed by atoms with E-state index in [1.807, 2.05) is 12.1 Å². The van der Waals surface area contributed by atoms with Crippen LogP contribution in [0.2, 0.25) is 0 Å². The minimum absolute atomic E-state index is 0.137. The van der Waals surface area contributed by atoms with Crippen LogP contribution in [0.5, 0.6) is 17.2 Å². The summed E-state index contributed by atoms with van der Waals surface area (Å²) in [6, 6.07) is 5.36. The van der Waals surface area contributed by atoms with E-state index < -0.39 is 0 Å². The van der Waals surface area contributed by atoms with Crippen molar-refractivity contribution in [2.24, 2.45) is 5.92 Å². The summed E-state index contributed by atoms with van der Waals surface area (Å²) in [5, 5.41) is 12.1. The number of hydrogen-bond donors (Lipinski definition) is 1. The maximum Gasteiger partial charge on any atom is 0.255 e. The quantitative estimate of drug-likeness (QED) is 0.495. The Morgan fingerprint density at radius 3 is 2.43 bits per heavy atom. The molecule has 188 valence electrons. The number of carbonyl (C=O) groups is 1. The number of benzene rings is 1. The van der Waals surface area contributed by atoms with Crippen LogP contribution in [0.25, 0.3) is 0 Å². The first kappa shape index (κ1) is 24.6. The molecule has 3 heterocycles. The van der Waals surface area contributed by atoms with Crippen LogP contribution in [0.1, 0.15) is 47.5 Å². The maximum atomic E-state index is 12.7. The topological polar surface area (TPSA) is 104 Å². The third kappa shape index (κ3) is 5.27. The Kier molecular flexibility index (Phi) is 7.60. The lowest BCUT2D eigenvalue weighted by Crippen LogP contribution is -2.34. The fraction of sp³-hybridized carbons (Fsp3) is 0.480. The van der Waals surface area contributed by atoms with Gasteiger partial charge in [0, 0.05) is 32.6 Å². The Hall–Kier alpha value is -3.53. The minimum atomic E-state index is -0.264. The number of furan rings is 1. The first-order valence-corrected chi connectivity index (χ1v) is 11.7. The number of amides is 1. The molecule has 2 aromatic heterocycles. The molecular weight excluding hydrogens is 450 g/mol. The molecule has 0 saturated heterocycles. The summed E-state index contributed by atoms with van der Waals surface area (Å²) in [6.45, 7) is 7.24. The van der Waals surface area contributed by atoms with E-state index in [0.29, 0.717) is 22.8 Å². The number of fused-ring (bicyclic) bond motifs is 1. The van der Waals surface area contributed by atoms with Crippen molar-refractivity contribution in [1.82, 2.24) is 25.0 Å². The molecule has 1 N–H and O–H groups in total. The Balaban J connectivity index is 1.49. The molecule has 1 aliphatic heterocycles. The van der Waals surface area contributed by atoms with Crippen LogP contribution in [0, 0.1) is 5.92 Å². The number of aromatic nitrogens is 3. The molecule has 0 aliphatic carbocycles. The summed E-state index contributed by atoms with van der Waals surface area (Å²) in [5.41, 5.74) is 1.56. The molecule has 35 heavy (non-hydrogen) atoms. The molecule has 0 spiro atoms. The molecule has 1 atom stereocenters. The number of hydrogen-bond acceptors (Lipinski definition) is 8. The van der Waals surface area contributed by atoms with Crippen LogP contribution >= 0.6 is 0 Å². The lowest BCUT2D eigenvalue weighted by atomic mass is 10.0. The first-order chi connectivity index (χ1) is 16.9. The fourth-order valence-electron chi connectivity index (χ4n) is 4.41. The summed E-state index contributed by atoms with van der Waals surface area (Å²) >= 11 is 0. The zero-order valence-corrected chi connectivity index (χ0v) is 20.9. The lowest BCUT2D eigenvalue weighted by molar-refractivity contribution is 0.0921. The van der Waals surface area contributed by atoms with Crippen molar-refractivity contribution in [3.8, 4) is 17.2 Å². The average molecular weight is 484 g/mol. The summed E-state index contributed by atoms with van der Waals surface area (Å²) in [5.74, 6) is 3.53. The number of ether oxygens (including phenoxy) is 3. The molecule has 0 bridgehead atoms. The maximum absolute atomic E-state index is 12.7. The average Bonchev–Trinajstić information content (AvgIpc) is 3.49. The van der Waals surface area contributed by atoms with E-state index in [1.165, 1.54) is 12.5 Å². The second-order valence-electron chi connectivity index (χ2n) is 8.89. The summed E-state index contributed by atoms with van der Waals surface area (Å²) in [7, 11) is 4.85. The summed E-state index contributed by atoms with van der Waals surface area (Å²) in [4.78, 5) is 15.1. The molecule has 1 aliphatic rings. The van der Waals surface area contributed by atoms with Crippen molar-refractivity contribution >= 4 is 5.91 Å². The van der Waals surface area contributed by atoms with Gasteiger partial charge in [0.25, 0.3) is 5.91 Å². The number of rotatable bonds is 9. The Morgan fingerprint density at radius 2 is 1.83 bits per heavy atom. The predicted molar refractivity (Wildman–Crippen MR) is 129 cm³/mol. The van der Waals surface area contributed by atoms with E-state index in [1.54, 1.807) is 27.4 Å². The molecule has 4 rings (SSSR count). The molecule has 0 saturated carbocycles. The van der Waals surface area contributed by atoms with E-state index >= 15 is 0 Å². The van der Waals surface area contributed by atoms with Gasteiger partial charge in [-0.1, -0.05) is 13.8 Å². The van der Waals surface area contributed by atoms with Gasteiger partial charge in [0.15, 0.2) is 17.3 Å². The highest BCUT2D eigenvalue weighted by Gasteiger charge is 2.28. The SMILES string of the molecule is COc1cc(CN2CCc3nnc([C@H](NC(=O)c4ccoc4)C(C)C)n3CC2)cc(OC)c1OC. The second-order valence-corrected chi connectivity index (χ2v) is 8.89. The minimum Gasteiger partial charge on any atom is -0.493 e. The number of nitrogens with one attached hydrogen (secondary N) is 1. The van der Waals surface area contributed by atoms with Crippen LogP contribution in [0.3, 0.4) is 0 Å². The molecule has 0 fully saturated rings. The molecule has 0 unspecified atom stereocenters. The normalized spacial score (nSPS) is 14.8. The van der Waals surface area contributed by atoms with Gasteiger partial charge in [-0.2, -0.15) is 0 Å². The molecule has 3 aromatic rings. The summed E-state index contributed by atoms with van der Waals surface area (Å²) < 4.78 is 23.7. The molecule has 1 amide bonds. The lowest BCUT2D eigenvalue weighted by Gasteiger charge is -2.23. The van der Waals surface area contributed by atoms with Gasteiger partial charge in [0.05, 0.1) is 39.2 Å². The summed E-state index contributed by atoms with van der Waals surface area (Å²) in [6.07, 6.45) is 3.70. The standard InChI is InChI=1S/C25H33N5O5/c1-16(2)22(26-25(31)18-7-11-35-15-18)24-28-27-21-6-8-29(9-10-30(21)24)14-17-12-19(32-3)23(34-5)20(13-17)33-4/h7,11-13,15-16,22H,6,8-10,14H2,1-5H3,(H,26,31)/t22-/m1/s1. The first-order valence-electron chi connectivity index (χ1n) is 11.7. The van der Waals surface area contributed by atoms with Crippen LogP contribution in [-0.2, 0) is 19.5 Å². The molecule has 1 aromatic carbocycles. The monoisotopic (exact) mass is 483 g/mol. The molecule has 10 heteroatoms. The second kappa shape index (κ2) is 10.8. The molecule has 10 nitrogen and oxygen atoms in total. The van der Waals surface area contributed by atoms with Gasteiger partial charge in [-0.3, -0.25) is 9.69 Å². The van der Waals surface area contributed by atoms with Gasteiger partial charge < -0.3 is 28.5 Å². The third-order valence-electron chi connectivity index (χ3n) is 6.29. The number of nitrogens with zero attached hydrogens (tertiary/aromatic N) is 4. The van der Waals surface area contributed by atoms with Crippen LogP contribution in [0.15, 0.2) is 35.1 Å². The Bertz CT molecular complexity index is 1120. The van der Waals surface area contributed by atoms with Crippen molar-refractivity contribution in [2.75, 3.05) is 34.4 Å².